The van der Waals surface area contributed by atoms with Crippen molar-refractivity contribution in [2.45, 2.75) is 52.7 Å². The van der Waals surface area contributed by atoms with Gasteiger partial charge in [0.2, 0.25) is 0 Å². The molecule has 61 heavy (non-hydrogen) atoms. The maximum Gasteiger partial charge on any atom is 0.365 e. The van der Waals surface area contributed by atoms with Gasteiger partial charge in [0.15, 0.2) is 22.8 Å². The summed E-state index contributed by atoms with van der Waals surface area (Å²) in [6, 6.07) is 0. The van der Waals surface area contributed by atoms with E-state index >= 15 is 0 Å². The summed E-state index contributed by atoms with van der Waals surface area (Å²) in [5.41, 5.74) is -0.843. The number of terminal acetylenes is 1. The number of fused-ring (bicyclic) bond motifs is 3. The number of nitrogens with zero attached hydrogens (tertiary/aromatic N) is 8. The molecule has 4 aromatic heterocycles. The number of carboxylic acids is 2. The summed E-state index contributed by atoms with van der Waals surface area (Å²) in [7, 11) is 0. The van der Waals surface area contributed by atoms with Crippen LogP contribution in [0.5, 0.6) is 0 Å². The minimum Gasteiger partial charge on any atom is -0.478 e. The van der Waals surface area contributed by atoms with E-state index in [4.69, 9.17) is 30.5 Å². The molecule has 4 aromatic rings. The summed E-state index contributed by atoms with van der Waals surface area (Å²) in [5, 5.41) is 16.9. The van der Waals surface area contributed by atoms with Crippen molar-refractivity contribution in [3.05, 3.63) is 107 Å². The highest BCUT2D eigenvalue weighted by Crippen LogP contribution is 2.28. The number of rotatable bonds is 4. The van der Waals surface area contributed by atoms with E-state index in [0.29, 0.717) is 11.3 Å². The van der Waals surface area contributed by atoms with E-state index in [-0.39, 0.29) is 34.0 Å². The van der Waals surface area contributed by atoms with Crippen LogP contribution in [0.15, 0.2) is 62.2 Å². The predicted molar refractivity (Wildman–Crippen MR) is 200 cm³/mol. The SMILES string of the molecule is CC(C)(C)OC(=O)C=C1OC(=O)c2cncnc21.CC(C)(C)OC(=O)C=C1OC(=O)c2ncncc21.O=C(O)c1cncnc1C(=O)O.O=C1OC(=O)c2ncncc21.[2H]C#C. The fourth-order valence-corrected chi connectivity index (χ4v) is 4.32. The van der Waals surface area contributed by atoms with Crippen LogP contribution in [0, 0.1) is 12.8 Å². The highest BCUT2D eigenvalue weighted by atomic mass is 16.6. The molecule has 23 heteroatoms. The van der Waals surface area contributed by atoms with Crippen molar-refractivity contribution in [2.24, 2.45) is 0 Å². The first-order valence-electron chi connectivity index (χ1n) is 17.2. The number of carbonyl (C=O) groups excluding carboxylic acids is 6. The van der Waals surface area contributed by atoms with Crippen molar-refractivity contribution in [3.63, 3.8) is 0 Å². The lowest BCUT2D eigenvalue weighted by Crippen LogP contribution is -2.22. The maximum atomic E-state index is 11.6. The van der Waals surface area contributed by atoms with Crippen LogP contribution in [-0.4, -0.2) is 109 Å². The summed E-state index contributed by atoms with van der Waals surface area (Å²) >= 11 is 0. The molecule has 0 fully saturated rings. The second kappa shape index (κ2) is 20.1. The normalized spacial score (nSPS) is 14.3. The summed E-state index contributed by atoms with van der Waals surface area (Å²) in [6.07, 6.45) is 17.7. The van der Waals surface area contributed by atoms with Crippen molar-refractivity contribution in [3.8, 4) is 12.8 Å². The molecule has 3 aliphatic rings. The molecule has 7 heterocycles. The zero-order valence-corrected chi connectivity index (χ0v) is 32.6. The van der Waals surface area contributed by atoms with E-state index in [9.17, 15) is 38.4 Å². The summed E-state index contributed by atoms with van der Waals surface area (Å²) < 4.78 is 30.1. The number of hydrogen-bond donors (Lipinski definition) is 2. The summed E-state index contributed by atoms with van der Waals surface area (Å²) in [5.74, 6) is -6.24. The summed E-state index contributed by atoms with van der Waals surface area (Å²) in [6.45, 7) is 10.5. The molecule has 7 rings (SSSR count). The number of hydrogen-bond acceptors (Lipinski definition) is 21. The highest BCUT2D eigenvalue weighted by molar-refractivity contribution is 6.13. The van der Waals surface area contributed by atoms with Gasteiger partial charge in [0, 0.05) is 24.8 Å². The van der Waals surface area contributed by atoms with Crippen LogP contribution >= 0.6 is 0 Å². The molecule has 0 amide bonds. The predicted octanol–water partition coefficient (Wildman–Crippen LogP) is 2.57. The Hall–Kier alpha value is -8.68. The lowest BCUT2D eigenvalue weighted by molar-refractivity contribution is -0.149. The molecule has 2 N–H and O–H groups in total. The first-order valence-corrected chi connectivity index (χ1v) is 16.7. The molecule has 0 atom stereocenters. The fourth-order valence-electron chi connectivity index (χ4n) is 4.32. The molecule has 0 spiro atoms. The highest BCUT2D eigenvalue weighted by Gasteiger charge is 2.32. The first-order chi connectivity index (χ1) is 29.1. The van der Waals surface area contributed by atoms with Crippen molar-refractivity contribution in [1.82, 2.24) is 39.9 Å². The lowest BCUT2D eigenvalue weighted by Gasteiger charge is -2.18. The van der Waals surface area contributed by atoms with Gasteiger partial charge < -0.3 is 33.9 Å². The minimum absolute atomic E-state index is 0.0463. The molecular formula is C38H32N8O15. The molecule has 314 valence electrons. The lowest BCUT2D eigenvalue weighted by atomic mass is 10.2. The van der Waals surface area contributed by atoms with Crippen molar-refractivity contribution in [2.75, 3.05) is 0 Å². The minimum atomic E-state index is -1.38. The van der Waals surface area contributed by atoms with Gasteiger partial charge in [0.1, 0.15) is 66.0 Å². The zero-order chi connectivity index (χ0) is 46.4. The van der Waals surface area contributed by atoms with E-state index in [0.717, 1.165) is 24.7 Å². The Labute approximate surface area is 345 Å². The largest absolute Gasteiger partial charge is 0.478 e. The molecule has 23 nitrogen and oxygen atoms in total. The molecule has 0 radical (unpaired) electrons. The molecular weight excluding hydrogens is 808 g/mol. The molecule has 0 aliphatic carbocycles. The average Bonchev–Trinajstić information content (AvgIpc) is 3.79. The quantitative estimate of drug-likeness (QED) is 0.0980. The van der Waals surface area contributed by atoms with Gasteiger partial charge in [-0.1, -0.05) is 0 Å². The Bertz CT molecular complexity index is 2370. The average molecular weight is 842 g/mol. The van der Waals surface area contributed by atoms with Gasteiger partial charge in [-0.25, -0.2) is 78.2 Å². The van der Waals surface area contributed by atoms with Crippen LogP contribution in [0.3, 0.4) is 0 Å². The number of aromatic carboxylic acids is 2. The van der Waals surface area contributed by atoms with E-state index in [1.807, 2.05) is 0 Å². The third kappa shape index (κ3) is 13.2. The molecule has 0 bridgehead atoms. The topological polar surface area (TPSA) is 326 Å². The number of esters is 6. The van der Waals surface area contributed by atoms with Gasteiger partial charge in [-0.2, -0.15) is 0 Å². The van der Waals surface area contributed by atoms with E-state index in [2.05, 4.69) is 51.0 Å². The monoisotopic (exact) mass is 841 g/mol. The number of carboxylic acid groups (broad SMARTS) is 2. The van der Waals surface area contributed by atoms with Gasteiger partial charge in [0.25, 0.3) is 0 Å². The molecule has 0 saturated carbocycles. The third-order valence-electron chi connectivity index (χ3n) is 6.51. The zero-order valence-electron chi connectivity index (χ0n) is 33.6. The van der Waals surface area contributed by atoms with Gasteiger partial charge in [-0.15, -0.1) is 12.8 Å². The maximum absolute atomic E-state index is 11.6. The van der Waals surface area contributed by atoms with Crippen LogP contribution in [0.4, 0.5) is 0 Å². The van der Waals surface area contributed by atoms with Crippen LogP contribution < -0.4 is 0 Å². The first kappa shape index (κ1) is 45.0. The fraction of sp³-hybridized carbons (Fsp3) is 0.211. The Morgan fingerprint density at radius 2 is 0.984 bits per heavy atom. The third-order valence-corrected chi connectivity index (χ3v) is 6.51. The second-order valence-corrected chi connectivity index (χ2v) is 13.3. The number of ether oxygens (including phenoxy) is 5. The number of cyclic esters (lactones) is 4. The van der Waals surface area contributed by atoms with E-state index < -0.39 is 70.2 Å². The number of carbonyl (C=O) groups is 8. The molecule has 3 aliphatic heterocycles. The van der Waals surface area contributed by atoms with Crippen LogP contribution in [0.1, 0.15) is 117 Å². The Morgan fingerprint density at radius 1 is 0.590 bits per heavy atom. The molecule has 0 aromatic carbocycles. The second-order valence-electron chi connectivity index (χ2n) is 13.3. The van der Waals surface area contributed by atoms with Crippen molar-refractivity contribution >= 4 is 59.3 Å². The van der Waals surface area contributed by atoms with Crippen LogP contribution in [0.2, 0.25) is 0 Å². The van der Waals surface area contributed by atoms with Crippen LogP contribution in [-0.2, 0) is 33.3 Å². The van der Waals surface area contributed by atoms with E-state index in [1.54, 1.807) is 41.5 Å². The smallest absolute Gasteiger partial charge is 0.365 e. The molecule has 0 unspecified atom stereocenters. The molecule has 0 saturated heterocycles. The van der Waals surface area contributed by atoms with Gasteiger partial charge in [-0.3, -0.25) is 0 Å². The van der Waals surface area contributed by atoms with E-state index in [1.165, 1.54) is 44.0 Å². The Kier molecular flexibility index (Phi) is 14.9. The van der Waals surface area contributed by atoms with Crippen molar-refractivity contribution in [1.29, 1.82) is 0 Å². The van der Waals surface area contributed by atoms with Gasteiger partial charge in [0.05, 0.1) is 17.7 Å². The summed E-state index contributed by atoms with van der Waals surface area (Å²) in [4.78, 5) is 117. The van der Waals surface area contributed by atoms with Gasteiger partial charge in [-0.05, 0) is 41.5 Å². The standard InChI is InChI=1S/2C12H12N2O4.C6H4N2O4.C6H2N2O3.C2H2/c1-12(2,3)18-9(15)4-8-10-7(11(16)17-8)5-13-6-14-10;1-12(2,3)18-9(15)4-8-7-5-13-6-14-10(7)11(16)17-8;9-5(10)3-1-7-2-8-4(3)6(11)12;9-5-3-1-7-2-8-4(3)6(10)11-5;1-2/h2*4-6H,1-3H3;1-2H,(H,9,10)(H,11,12);1-2H;1-2H/i;;;;1D. The van der Waals surface area contributed by atoms with Crippen LogP contribution in [0.25, 0.3) is 11.5 Å². The number of aromatic nitrogens is 8. The van der Waals surface area contributed by atoms with Gasteiger partial charge >= 0.3 is 47.8 Å². The Morgan fingerprint density at radius 3 is 1.46 bits per heavy atom. The van der Waals surface area contributed by atoms with Crippen molar-refractivity contribution < 1.29 is 73.6 Å². The Balaban J connectivity index is 0.000000220.